The minimum Gasteiger partial charge on any atom is -0.400 e. The highest BCUT2D eigenvalue weighted by Crippen LogP contribution is 2.21. The van der Waals surface area contributed by atoms with Gasteiger partial charge in [0.25, 0.3) is 0 Å². The Morgan fingerprint density at radius 2 is 1.92 bits per heavy atom. The second kappa shape index (κ2) is 5.73. The molecule has 1 aromatic rings. The molecule has 1 aliphatic heterocycles. The van der Waals surface area contributed by atoms with Crippen molar-refractivity contribution in [3.05, 3.63) is 35.9 Å². The average molecular weight is 179 g/mol. The SMILES string of the molecule is CO.c1ccc(C2CCCN2)cc1. The van der Waals surface area contributed by atoms with Crippen molar-refractivity contribution < 1.29 is 5.11 Å². The monoisotopic (exact) mass is 179 g/mol. The van der Waals surface area contributed by atoms with E-state index in [2.05, 4.69) is 35.6 Å². The predicted molar refractivity (Wildman–Crippen MR) is 54.6 cm³/mol. The molecule has 0 saturated carbocycles. The van der Waals surface area contributed by atoms with Crippen LogP contribution in [-0.2, 0) is 0 Å². The Hall–Kier alpha value is -0.860. The Morgan fingerprint density at radius 1 is 1.23 bits per heavy atom. The zero-order valence-electron chi connectivity index (χ0n) is 8.03. The molecule has 0 aromatic heterocycles. The Kier molecular flexibility index (Phi) is 4.50. The van der Waals surface area contributed by atoms with Gasteiger partial charge in [-0.2, -0.15) is 0 Å². The van der Waals surface area contributed by atoms with Crippen LogP contribution in [0.4, 0.5) is 0 Å². The van der Waals surface area contributed by atoms with Gasteiger partial charge in [0.2, 0.25) is 0 Å². The highest BCUT2D eigenvalue weighted by molar-refractivity contribution is 5.19. The summed E-state index contributed by atoms with van der Waals surface area (Å²) >= 11 is 0. The first-order valence-corrected chi connectivity index (χ1v) is 4.70. The van der Waals surface area contributed by atoms with Crippen LogP contribution in [-0.4, -0.2) is 18.8 Å². The van der Waals surface area contributed by atoms with Gasteiger partial charge in [0, 0.05) is 13.2 Å². The second-order valence-corrected chi connectivity index (χ2v) is 3.06. The van der Waals surface area contributed by atoms with E-state index in [-0.39, 0.29) is 0 Å². The summed E-state index contributed by atoms with van der Waals surface area (Å²) in [5.74, 6) is 0. The Bertz CT molecular complexity index is 217. The molecule has 0 bridgehead atoms. The highest BCUT2D eigenvalue weighted by Gasteiger charge is 2.14. The van der Waals surface area contributed by atoms with Crippen LogP contribution in [0.2, 0.25) is 0 Å². The average Bonchev–Trinajstić information content (AvgIpc) is 2.75. The molecule has 0 radical (unpaired) electrons. The zero-order chi connectivity index (χ0) is 9.52. The molecule has 1 heterocycles. The van der Waals surface area contributed by atoms with Gasteiger partial charge in [-0.3, -0.25) is 0 Å². The van der Waals surface area contributed by atoms with E-state index in [1.54, 1.807) is 0 Å². The number of aliphatic hydroxyl groups excluding tert-OH is 1. The Morgan fingerprint density at radius 3 is 2.46 bits per heavy atom. The maximum atomic E-state index is 7.00. The molecule has 72 valence electrons. The van der Waals surface area contributed by atoms with Gasteiger partial charge in [-0.1, -0.05) is 30.3 Å². The van der Waals surface area contributed by atoms with Gasteiger partial charge in [-0.05, 0) is 24.9 Å². The number of hydrogen-bond acceptors (Lipinski definition) is 2. The van der Waals surface area contributed by atoms with E-state index in [0.29, 0.717) is 6.04 Å². The van der Waals surface area contributed by atoms with E-state index in [4.69, 9.17) is 5.11 Å². The lowest BCUT2D eigenvalue weighted by molar-refractivity contribution is 0.399. The number of aliphatic hydroxyl groups is 1. The van der Waals surface area contributed by atoms with Gasteiger partial charge >= 0.3 is 0 Å². The van der Waals surface area contributed by atoms with Crippen molar-refractivity contribution in [1.29, 1.82) is 0 Å². The number of nitrogens with one attached hydrogen (secondary N) is 1. The third-order valence-electron chi connectivity index (χ3n) is 2.26. The van der Waals surface area contributed by atoms with Gasteiger partial charge in [-0.15, -0.1) is 0 Å². The molecule has 2 heteroatoms. The molecule has 2 rings (SSSR count). The zero-order valence-corrected chi connectivity index (χ0v) is 8.03. The number of benzene rings is 1. The fourth-order valence-corrected chi connectivity index (χ4v) is 1.65. The van der Waals surface area contributed by atoms with Crippen molar-refractivity contribution in [3.63, 3.8) is 0 Å². The largest absolute Gasteiger partial charge is 0.400 e. The molecule has 2 nitrogen and oxygen atoms in total. The molecular weight excluding hydrogens is 162 g/mol. The molecule has 0 amide bonds. The standard InChI is InChI=1S/C10H13N.CH4O/c1-2-5-9(6-3-1)10-7-4-8-11-10;1-2/h1-3,5-6,10-11H,4,7-8H2;2H,1H3. The number of rotatable bonds is 1. The molecule has 0 spiro atoms. The maximum Gasteiger partial charge on any atom is 0.0320 e. The van der Waals surface area contributed by atoms with E-state index in [1.165, 1.54) is 24.9 Å². The topological polar surface area (TPSA) is 32.3 Å². The van der Waals surface area contributed by atoms with Crippen molar-refractivity contribution in [3.8, 4) is 0 Å². The third-order valence-corrected chi connectivity index (χ3v) is 2.26. The van der Waals surface area contributed by atoms with E-state index < -0.39 is 0 Å². The first-order chi connectivity index (χ1) is 6.47. The van der Waals surface area contributed by atoms with Crippen molar-refractivity contribution in [2.24, 2.45) is 0 Å². The van der Waals surface area contributed by atoms with Gasteiger partial charge in [0.05, 0.1) is 0 Å². The van der Waals surface area contributed by atoms with E-state index >= 15 is 0 Å². The minimum absolute atomic E-state index is 0.621. The summed E-state index contributed by atoms with van der Waals surface area (Å²) in [4.78, 5) is 0. The van der Waals surface area contributed by atoms with E-state index in [0.717, 1.165) is 7.11 Å². The van der Waals surface area contributed by atoms with Crippen LogP contribution < -0.4 is 5.32 Å². The smallest absolute Gasteiger partial charge is 0.0320 e. The van der Waals surface area contributed by atoms with Crippen LogP contribution in [0.5, 0.6) is 0 Å². The quantitative estimate of drug-likeness (QED) is 0.688. The normalized spacial score (nSPS) is 20.6. The molecule has 1 aliphatic rings. The van der Waals surface area contributed by atoms with Gasteiger partial charge < -0.3 is 10.4 Å². The van der Waals surface area contributed by atoms with Gasteiger partial charge in [0.15, 0.2) is 0 Å². The minimum atomic E-state index is 0.621. The lowest BCUT2D eigenvalue weighted by atomic mass is 10.1. The van der Waals surface area contributed by atoms with Crippen molar-refractivity contribution in [2.75, 3.05) is 13.7 Å². The van der Waals surface area contributed by atoms with Crippen LogP contribution in [0, 0.1) is 0 Å². The summed E-state index contributed by atoms with van der Waals surface area (Å²) in [7, 11) is 1.00. The predicted octanol–water partition coefficient (Wildman–Crippen LogP) is 1.72. The molecular formula is C11H17NO. The van der Waals surface area contributed by atoms with Crippen LogP contribution in [0.25, 0.3) is 0 Å². The summed E-state index contributed by atoms with van der Waals surface area (Å²) < 4.78 is 0. The van der Waals surface area contributed by atoms with E-state index in [1.807, 2.05) is 0 Å². The van der Waals surface area contributed by atoms with Crippen LogP contribution >= 0.6 is 0 Å². The molecule has 1 aromatic carbocycles. The van der Waals surface area contributed by atoms with Crippen molar-refractivity contribution in [2.45, 2.75) is 18.9 Å². The fourth-order valence-electron chi connectivity index (χ4n) is 1.65. The highest BCUT2D eigenvalue weighted by atomic mass is 16.2. The van der Waals surface area contributed by atoms with Gasteiger partial charge in [-0.25, -0.2) is 0 Å². The first-order valence-electron chi connectivity index (χ1n) is 4.70. The third kappa shape index (κ3) is 2.83. The second-order valence-electron chi connectivity index (χ2n) is 3.06. The molecule has 0 aliphatic carbocycles. The molecule has 2 N–H and O–H groups in total. The van der Waals surface area contributed by atoms with Crippen molar-refractivity contribution in [1.82, 2.24) is 5.32 Å². The lowest BCUT2D eigenvalue weighted by Crippen LogP contribution is -2.12. The summed E-state index contributed by atoms with van der Waals surface area (Å²) in [5, 5.41) is 10.5. The summed E-state index contributed by atoms with van der Waals surface area (Å²) in [6.07, 6.45) is 2.61. The maximum absolute atomic E-state index is 7.00. The molecule has 1 unspecified atom stereocenters. The Balaban J connectivity index is 0.000000396. The molecule has 1 fully saturated rings. The van der Waals surface area contributed by atoms with Gasteiger partial charge in [0.1, 0.15) is 0 Å². The summed E-state index contributed by atoms with van der Waals surface area (Å²) in [5.41, 5.74) is 1.44. The molecule has 1 atom stereocenters. The number of hydrogen-bond donors (Lipinski definition) is 2. The molecule has 1 saturated heterocycles. The first kappa shape index (κ1) is 10.2. The Labute approximate surface area is 79.6 Å². The molecule has 13 heavy (non-hydrogen) atoms. The van der Waals surface area contributed by atoms with Crippen molar-refractivity contribution >= 4 is 0 Å². The van der Waals surface area contributed by atoms with Crippen LogP contribution in [0.15, 0.2) is 30.3 Å². The summed E-state index contributed by atoms with van der Waals surface area (Å²) in [6.45, 7) is 1.18. The van der Waals surface area contributed by atoms with Crippen LogP contribution in [0.3, 0.4) is 0 Å². The van der Waals surface area contributed by atoms with Crippen LogP contribution in [0.1, 0.15) is 24.4 Å². The lowest BCUT2D eigenvalue weighted by Gasteiger charge is -2.08. The van der Waals surface area contributed by atoms with E-state index in [9.17, 15) is 0 Å². The fraction of sp³-hybridized carbons (Fsp3) is 0.455. The summed E-state index contributed by atoms with van der Waals surface area (Å²) in [6, 6.07) is 11.3.